The van der Waals surface area contributed by atoms with Crippen molar-refractivity contribution < 1.29 is 4.79 Å². The molecule has 2 aromatic heterocycles. The van der Waals surface area contributed by atoms with E-state index in [-0.39, 0.29) is 5.91 Å². The molecular weight excluding hydrogens is 274 g/mol. The second-order valence-corrected chi connectivity index (χ2v) is 5.86. The highest BCUT2D eigenvalue weighted by Gasteiger charge is 2.18. The van der Waals surface area contributed by atoms with E-state index in [9.17, 15) is 4.79 Å². The molecule has 2 aromatic rings. The van der Waals surface area contributed by atoms with Crippen LogP contribution < -0.4 is 11.1 Å². The lowest BCUT2D eigenvalue weighted by molar-refractivity contribution is 0.0954. The zero-order valence-electron chi connectivity index (χ0n) is 11.1. The molecule has 20 heavy (non-hydrogen) atoms. The molecule has 0 saturated carbocycles. The minimum absolute atomic E-state index is 0.133. The Labute approximate surface area is 121 Å². The third-order valence-electron chi connectivity index (χ3n) is 3.48. The Bertz CT molecular complexity index is 620. The Hall–Kier alpha value is -1.73. The van der Waals surface area contributed by atoms with Gasteiger partial charge in [0.25, 0.3) is 5.91 Å². The number of rotatable bonds is 4. The van der Waals surface area contributed by atoms with Gasteiger partial charge in [0.05, 0.1) is 5.69 Å². The summed E-state index contributed by atoms with van der Waals surface area (Å²) >= 11 is 1.29. The largest absolute Gasteiger partial charge is 0.396 e. The van der Waals surface area contributed by atoms with Gasteiger partial charge in [-0.25, -0.2) is 9.97 Å². The van der Waals surface area contributed by atoms with Crippen LogP contribution in [0.1, 0.15) is 22.5 Å². The molecule has 0 radical (unpaired) electrons. The Kier molecular flexibility index (Phi) is 3.79. The van der Waals surface area contributed by atoms with E-state index in [4.69, 9.17) is 5.73 Å². The number of thiophene rings is 1. The van der Waals surface area contributed by atoms with Crippen LogP contribution in [-0.4, -0.2) is 47.0 Å². The van der Waals surface area contributed by atoms with Crippen molar-refractivity contribution in [2.45, 2.75) is 12.8 Å². The van der Waals surface area contributed by atoms with Crippen LogP contribution in [0, 0.1) is 0 Å². The molecule has 0 bridgehead atoms. The predicted molar refractivity (Wildman–Crippen MR) is 79.8 cm³/mol. The number of nitrogens with one attached hydrogen (secondary N) is 1. The normalized spacial score (nSPS) is 15.8. The van der Waals surface area contributed by atoms with E-state index in [0.29, 0.717) is 27.5 Å². The summed E-state index contributed by atoms with van der Waals surface area (Å²) in [5.74, 6) is -0.133. The molecule has 1 fully saturated rings. The number of hydrogen-bond acceptors (Lipinski definition) is 6. The number of carbonyl (C=O) groups is 1. The second-order valence-electron chi connectivity index (χ2n) is 4.86. The summed E-state index contributed by atoms with van der Waals surface area (Å²) in [6.45, 7) is 3.81. The molecule has 1 amide bonds. The fraction of sp³-hybridized carbons (Fsp3) is 0.462. The molecule has 0 aromatic carbocycles. The SMILES string of the molecule is Nc1c(C(=O)NCCN2CCCC2)sc2nccnc12. The molecule has 1 aliphatic rings. The monoisotopic (exact) mass is 291 g/mol. The van der Waals surface area contributed by atoms with Crippen LogP contribution >= 0.6 is 11.3 Å². The third kappa shape index (κ3) is 2.59. The molecule has 106 valence electrons. The zero-order chi connectivity index (χ0) is 13.9. The molecule has 7 heteroatoms. The lowest BCUT2D eigenvalue weighted by Gasteiger charge is -2.14. The maximum absolute atomic E-state index is 12.2. The number of carbonyl (C=O) groups excluding carboxylic acids is 1. The number of nitrogens with zero attached hydrogens (tertiary/aromatic N) is 3. The quantitative estimate of drug-likeness (QED) is 0.881. The topological polar surface area (TPSA) is 84.1 Å². The molecule has 0 atom stereocenters. The van der Waals surface area contributed by atoms with Crippen LogP contribution in [0.4, 0.5) is 5.69 Å². The molecule has 1 saturated heterocycles. The van der Waals surface area contributed by atoms with Gasteiger partial charge in [-0.3, -0.25) is 4.79 Å². The summed E-state index contributed by atoms with van der Waals surface area (Å²) in [5, 5.41) is 2.92. The summed E-state index contributed by atoms with van der Waals surface area (Å²) in [4.78, 5) is 24.1. The Morgan fingerprint density at radius 1 is 1.35 bits per heavy atom. The summed E-state index contributed by atoms with van der Waals surface area (Å²) < 4.78 is 0. The number of likely N-dealkylation sites (tertiary alicyclic amines) is 1. The summed E-state index contributed by atoms with van der Waals surface area (Å²) in [7, 11) is 0. The molecule has 0 aliphatic carbocycles. The standard InChI is InChI=1S/C13H17N5OS/c14-9-10-13(17-4-3-15-10)20-11(9)12(19)16-5-8-18-6-1-2-7-18/h3-4H,1-2,5-8,14H2,(H,16,19). The predicted octanol–water partition coefficient (Wildman–Crippen LogP) is 1.10. The summed E-state index contributed by atoms with van der Waals surface area (Å²) in [6, 6.07) is 0. The van der Waals surface area contributed by atoms with Crippen molar-refractivity contribution in [1.82, 2.24) is 20.2 Å². The average molecular weight is 291 g/mol. The van der Waals surface area contributed by atoms with Gasteiger partial charge in [-0.05, 0) is 25.9 Å². The van der Waals surface area contributed by atoms with Crippen LogP contribution in [-0.2, 0) is 0 Å². The summed E-state index contributed by atoms with van der Waals surface area (Å²) in [5.41, 5.74) is 7.01. The minimum Gasteiger partial charge on any atom is -0.396 e. The van der Waals surface area contributed by atoms with Crippen LogP contribution in [0.15, 0.2) is 12.4 Å². The van der Waals surface area contributed by atoms with E-state index < -0.39 is 0 Å². The van der Waals surface area contributed by atoms with Crippen molar-refractivity contribution in [3.8, 4) is 0 Å². The highest BCUT2D eigenvalue weighted by molar-refractivity contribution is 7.21. The fourth-order valence-corrected chi connectivity index (χ4v) is 3.36. The van der Waals surface area contributed by atoms with E-state index in [1.165, 1.54) is 24.2 Å². The molecule has 0 unspecified atom stereocenters. The van der Waals surface area contributed by atoms with Crippen LogP contribution in [0.2, 0.25) is 0 Å². The first-order chi connectivity index (χ1) is 9.75. The minimum atomic E-state index is -0.133. The third-order valence-corrected chi connectivity index (χ3v) is 4.58. The van der Waals surface area contributed by atoms with Gasteiger partial charge < -0.3 is 16.0 Å². The first-order valence-corrected chi connectivity index (χ1v) is 7.57. The number of amides is 1. The van der Waals surface area contributed by atoms with E-state index in [1.807, 2.05) is 0 Å². The number of nitrogens with two attached hydrogens (primary N) is 1. The highest BCUT2D eigenvalue weighted by Crippen LogP contribution is 2.30. The summed E-state index contributed by atoms with van der Waals surface area (Å²) in [6.07, 6.45) is 5.71. The van der Waals surface area contributed by atoms with Gasteiger partial charge in [0.15, 0.2) is 0 Å². The van der Waals surface area contributed by atoms with Crippen LogP contribution in [0.3, 0.4) is 0 Å². The van der Waals surface area contributed by atoms with Crippen LogP contribution in [0.25, 0.3) is 10.3 Å². The van der Waals surface area contributed by atoms with Gasteiger partial charge in [-0.1, -0.05) is 0 Å². The van der Waals surface area contributed by atoms with Gasteiger partial charge in [0.1, 0.15) is 15.2 Å². The van der Waals surface area contributed by atoms with Crippen molar-refractivity contribution in [1.29, 1.82) is 0 Å². The first kappa shape index (κ1) is 13.3. The molecule has 3 heterocycles. The van der Waals surface area contributed by atoms with Gasteiger partial charge in [0, 0.05) is 25.5 Å². The maximum atomic E-state index is 12.2. The molecule has 1 aliphatic heterocycles. The van der Waals surface area contributed by atoms with Crippen LogP contribution in [0.5, 0.6) is 0 Å². The van der Waals surface area contributed by atoms with E-state index in [0.717, 1.165) is 19.6 Å². The fourth-order valence-electron chi connectivity index (χ4n) is 2.43. The van der Waals surface area contributed by atoms with E-state index in [2.05, 4.69) is 20.2 Å². The Morgan fingerprint density at radius 2 is 2.10 bits per heavy atom. The maximum Gasteiger partial charge on any atom is 0.263 e. The molecule has 0 spiro atoms. The van der Waals surface area contributed by atoms with Gasteiger partial charge in [-0.2, -0.15) is 0 Å². The van der Waals surface area contributed by atoms with Gasteiger partial charge >= 0.3 is 0 Å². The molecule has 6 nitrogen and oxygen atoms in total. The van der Waals surface area contributed by atoms with E-state index in [1.54, 1.807) is 12.4 Å². The number of nitrogen functional groups attached to an aromatic ring is 1. The smallest absolute Gasteiger partial charge is 0.263 e. The molecule has 3 rings (SSSR count). The molecule has 3 N–H and O–H groups in total. The number of hydrogen-bond donors (Lipinski definition) is 2. The lowest BCUT2D eigenvalue weighted by atomic mass is 10.3. The number of aromatic nitrogens is 2. The number of anilines is 1. The zero-order valence-corrected chi connectivity index (χ0v) is 11.9. The van der Waals surface area contributed by atoms with E-state index >= 15 is 0 Å². The highest BCUT2D eigenvalue weighted by atomic mass is 32.1. The van der Waals surface area contributed by atoms with Gasteiger partial charge in [-0.15, -0.1) is 11.3 Å². The number of fused-ring (bicyclic) bond motifs is 1. The Morgan fingerprint density at radius 3 is 2.85 bits per heavy atom. The van der Waals surface area contributed by atoms with Crippen molar-refractivity contribution in [3.63, 3.8) is 0 Å². The van der Waals surface area contributed by atoms with Crippen molar-refractivity contribution in [2.75, 3.05) is 31.9 Å². The van der Waals surface area contributed by atoms with Crippen molar-refractivity contribution >= 4 is 33.3 Å². The molecular formula is C13H17N5OS. The van der Waals surface area contributed by atoms with Crippen molar-refractivity contribution in [2.24, 2.45) is 0 Å². The second kappa shape index (κ2) is 5.72. The lowest BCUT2D eigenvalue weighted by Crippen LogP contribution is -2.33. The van der Waals surface area contributed by atoms with Crippen molar-refractivity contribution in [3.05, 3.63) is 17.3 Å². The first-order valence-electron chi connectivity index (χ1n) is 6.75. The average Bonchev–Trinajstić information content (AvgIpc) is 3.08. The Balaban J connectivity index is 1.64. The van der Waals surface area contributed by atoms with Gasteiger partial charge in [0.2, 0.25) is 0 Å².